The van der Waals surface area contributed by atoms with E-state index < -0.39 is 0 Å². The van der Waals surface area contributed by atoms with Crippen LogP contribution in [0, 0.1) is 41.7 Å². The van der Waals surface area contributed by atoms with Gasteiger partial charge in [0.25, 0.3) is 0 Å². The molecule has 0 rings (SSSR count). The van der Waals surface area contributed by atoms with E-state index in [1.54, 1.807) is 0 Å². The first-order valence-electron chi connectivity index (χ1n) is 0. The Labute approximate surface area is 96.8 Å². The summed E-state index contributed by atoms with van der Waals surface area (Å²) in [5.41, 5.74) is 0. The first-order chi connectivity index (χ1) is 0. The maximum Gasteiger partial charge on any atom is 3.00 e. The molecule has 0 aliphatic carbocycles. The van der Waals surface area contributed by atoms with Crippen molar-refractivity contribution in [3.05, 3.63) is 0 Å². The van der Waals surface area contributed by atoms with Crippen LogP contribution < -0.4 is 0 Å². The molecule has 6 heteroatoms. The Morgan fingerprint density at radius 1 is 0.667 bits per heavy atom. The summed E-state index contributed by atoms with van der Waals surface area (Å²) in [6.07, 6.45) is 0. The normalized spacial score (nSPS) is 0. The molecule has 0 aromatic carbocycles. The quantitative estimate of drug-likeness (QED) is 0.516. The molecule has 0 aliphatic heterocycles. The third-order valence-corrected chi connectivity index (χ3v) is 0. The summed E-state index contributed by atoms with van der Waals surface area (Å²) in [4.78, 5) is 0. The maximum absolute atomic E-state index is 0. The van der Waals surface area contributed by atoms with Gasteiger partial charge in [0.2, 0.25) is 0 Å². The van der Waals surface area contributed by atoms with Crippen molar-refractivity contribution < 1.29 is 75.5 Å². The summed E-state index contributed by atoms with van der Waals surface area (Å²) in [5, 5.41) is 0. The Hall–Kier alpha value is 2.56. The molecule has 28 valence electrons. The van der Waals surface area contributed by atoms with Crippen LogP contribution in [-0.2, 0) is 33.8 Å². The molecule has 0 aromatic rings. The zero-order valence-electron chi connectivity index (χ0n) is 2.84. The van der Waals surface area contributed by atoms with Gasteiger partial charge in [0.15, 0.2) is 0 Å². The predicted molar refractivity (Wildman–Crippen MR) is 7.81 cm³/mol. The average Bonchev–Trinajstić information content (AvgIpc) is 0. The van der Waals surface area contributed by atoms with Crippen molar-refractivity contribution >= 4 is 23.1 Å². The second-order valence-corrected chi connectivity index (χ2v) is 0. The van der Waals surface area contributed by atoms with Crippen LogP contribution >= 0.6 is 0 Å². The van der Waals surface area contributed by atoms with Gasteiger partial charge in [-0.1, -0.05) is 0 Å². The second kappa shape index (κ2) is 49.7. The molecule has 0 N–H and O–H groups in total. The fourth-order valence-corrected chi connectivity index (χ4v) is 0. The van der Waals surface area contributed by atoms with Crippen molar-refractivity contribution in [3.63, 3.8) is 0 Å². The molecule has 0 saturated carbocycles. The summed E-state index contributed by atoms with van der Waals surface area (Å²) in [5.74, 6) is 0. The Kier molecular flexibility index (Phi) is 620. The Morgan fingerprint density at radius 2 is 0.667 bits per heavy atom. The third kappa shape index (κ3) is 31.0. The van der Waals surface area contributed by atoms with Crippen molar-refractivity contribution in [1.29, 1.82) is 0 Å². The van der Waals surface area contributed by atoms with Gasteiger partial charge in [0.05, 0.1) is 0 Å². The van der Waals surface area contributed by atoms with Gasteiger partial charge in [-0.3, -0.25) is 0 Å². The van der Waals surface area contributed by atoms with Gasteiger partial charge in [0.1, 0.15) is 0 Å². The fourth-order valence-electron chi connectivity index (χ4n) is 0. The monoisotopic (exact) mass is 264 g/mol. The summed E-state index contributed by atoms with van der Waals surface area (Å²) >= 11 is 0. The predicted octanol–water partition coefficient (Wildman–Crippen LogP) is -0.740. The van der Waals surface area contributed by atoms with Crippen LogP contribution in [0.1, 0.15) is 0 Å². The fraction of sp³-hybridized carbons (Fsp3) is 0. The van der Waals surface area contributed by atoms with Crippen LogP contribution in [0.5, 0.6) is 0 Å². The number of rotatable bonds is 0. The second-order valence-electron chi connectivity index (χ2n) is 0. The van der Waals surface area contributed by atoms with Crippen molar-refractivity contribution in [2.75, 3.05) is 0 Å². The SMILES string of the molecule is [Ce+3].[Cr+3].[Mg+2].[O-2].[O-2].[O-2]. The van der Waals surface area contributed by atoms with Crippen LogP contribution in [0.4, 0.5) is 0 Å². The van der Waals surface area contributed by atoms with Crippen LogP contribution in [-0.4, -0.2) is 23.1 Å². The summed E-state index contributed by atoms with van der Waals surface area (Å²) < 4.78 is 0. The Morgan fingerprint density at radius 3 is 0.667 bits per heavy atom. The zero-order valence-corrected chi connectivity index (χ0v) is 8.67. The number of hydrogen-bond donors (Lipinski definition) is 0. The molecular weight excluding hydrogens is 264 g/mol. The molecule has 0 atom stereocenters. The minimum absolute atomic E-state index is 0. The molecule has 0 aromatic heterocycles. The van der Waals surface area contributed by atoms with E-state index in [1.807, 2.05) is 0 Å². The minimum atomic E-state index is 0. The topological polar surface area (TPSA) is 85.5 Å². The van der Waals surface area contributed by atoms with Gasteiger partial charge in [0, 0.05) is 0 Å². The Bertz CT molecular complexity index is 10.8. The van der Waals surface area contributed by atoms with Crippen molar-refractivity contribution in [3.8, 4) is 0 Å². The average molecular weight is 264 g/mol. The molecule has 0 heterocycles. The standard InChI is InChI=1S/Ce.Cr.Mg.3O/q2*+3;+2;3*-2. The van der Waals surface area contributed by atoms with Crippen LogP contribution in [0.25, 0.3) is 0 Å². The molecule has 0 fully saturated rings. The largest absolute Gasteiger partial charge is 3.00 e. The molecule has 2 radical (unpaired) electrons. The van der Waals surface area contributed by atoms with Crippen molar-refractivity contribution in [2.45, 2.75) is 0 Å². The molecule has 0 bridgehead atoms. The van der Waals surface area contributed by atoms with Gasteiger partial charge in [-0.05, 0) is 0 Å². The van der Waals surface area contributed by atoms with Gasteiger partial charge >= 0.3 is 82.2 Å². The maximum atomic E-state index is 0. The molecule has 0 aliphatic rings. The summed E-state index contributed by atoms with van der Waals surface area (Å²) in [6.45, 7) is 0. The van der Waals surface area contributed by atoms with E-state index in [4.69, 9.17) is 0 Å². The minimum Gasteiger partial charge on any atom is -2.00 e. The summed E-state index contributed by atoms with van der Waals surface area (Å²) in [6, 6.07) is 0. The van der Waals surface area contributed by atoms with Crippen LogP contribution in [0.2, 0.25) is 0 Å². The molecule has 3 nitrogen and oxygen atoms in total. The van der Waals surface area contributed by atoms with Crippen LogP contribution in [0.3, 0.4) is 0 Å². The molecule has 0 spiro atoms. The van der Waals surface area contributed by atoms with E-state index in [0.29, 0.717) is 0 Å². The number of hydrogen-bond acceptors (Lipinski definition) is 0. The first-order valence-corrected chi connectivity index (χ1v) is 0. The van der Waals surface area contributed by atoms with Gasteiger partial charge in [-0.2, -0.15) is 0 Å². The van der Waals surface area contributed by atoms with Gasteiger partial charge < -0.3 is 16.4 Å². The molecular formula is CeCrMgO3+2. The van der Waals surface area contributed by atoms with Crippen molar-refractivity contribution in [1.82, 2.24) is 0 Å². The smallest absolute Gasteiger partial charge is 2.00 e. The van der Waals surface area contributed by atoms with E-state index in [2.05, 4.69) is 0 Å². The van der Waals surface area contributed by atoms with Crippen LogP contribution in [0.15, 0.2) is 0 Å². The van der Waals surface area contributed by atoms with E-state index in [9.17, 15) is 0 Å². The van der Waals surface area contributed by atoms with E-state index in [-0.39, 0.29) is 98.6 Å². The van der Waals surface area contributed by atoms with Gasteiger partial charge in [-0.25, -0.2) is 0 Å². The van der Waals surface area contributed by atoms with Gasteiger partial charge in [-0.15, -0.1) is 0 Å². The summed E-state index contributed by atoms with van der Waals surface area (Å²) in [7, 11) is 0. The van der Waals surface area contributed by atoms with E-state index >= 15 is 0 Å². The molecule has 0 saturated heterocycles. The van der Waals surface area contributed by atoms with E-state index in [0.717, 1.165) is 0 Å². The molecule has 6 heavy (non-hydrogen) atoms. The zero-order chi connectivity index (χ0) is 0. The molecule has 0 amide bonds. The third-order valence-electron chi connectivity index (χ3n) is 0. The van der Waals surface area contributed by atoms with E-state index in [1.165, 1.54) is 0 Å². The molecule has 0 unspecified atom stereocenters. The first kappa shape index (κ1) is 74.8. The van der Waals surface area contributed by atoms with Crippen molar-refractivity contribution in [2.24, 2.45) is 0 Å². The Balaban J connectivity index is 0.